The average Bonchev–Trinajstić information content (AvgIpc) is 1.68. The molecule has 0 aliphatic carbocycles. The Bertz CT molecular complexity index is 35.2. The molecule has 1 heteroatoms. The first-order chi connectivity index (χ1) is 3.31. The zero-order valence-corrected chi connectivity index (χ0v) is 4.85. The molecule has 0 unspecified atom stereocenters. The van der Waals surface area contributed by atoms with E-state index >= 15 is 0 Å². The quantitative estimate of drug-likeness (QED) is 0.569. The van der Waals surface area contributed by atoms with Crippen LogP contribution in [-0.2, 0) is 0 Å². The van der Waals surface area contributed by atoms with Gasteiger partial charge in [-0.1, -0.05) is 20.3 Å². The Hall–Kier alpha value is -0.0400. The predicted molar refractivity (Wildman–Crippen MR) is 30.9 cm³/mol. The van der Waals surface area contributed by atoms with Gasteiger partial charge in [-0.05, 0) is 12.8 Å². The van der Waals surface area contributed by atoms with Crippen LogP contribution in [0, 0.1) is 6.92 Å². The summed E-state index contributed by atoms with van der Waals surface area (Å²) >= 11 is 0. The van der Waals surface area contributed by atoms with E-state index in [9.17, 15) is 0 Å². The van der Waals surface area contributed by atoms with E-state index < -0.39 is 0 Å². The van der Waals surface area contributed by atoms with Crippen LogP contribution < -0.4 is 0 Å². The first kappa shape index (κ1) is 6.96. The summed E-state index contributed by atoms with van der Waals surface area (Å²) in [4.78, 5) is 0. The second-order valence-corrected chi connectivity index (χ2v) is 1.73. The maximum atomic E-state index is 8.80. The highest BCUT2D eigenvalue weighted by Gasteiger charge is 1.94. The minimum absolute atomic E-state index is 0.162. The highest BCUT2D eigenvalue weighted by Crippen LogP contribution is 1.97. The molecule has 1 atom stereocenters. The van der Waals surface area contributed by atoms with Crippen LogP contribution in [0.25, 0.3) is 0 Å². The third-order valence-corrected chi connectivity index (χ3v) is 0.955. The lowest BCUT2D eigenvalue weighted by atomic mass is 10.2. The van der Waals surface area contributed by atoms with Crippen molar-refractivity contribution in [2.24, 2.45) is 0 Å². The van der Waals surface area contributed by atoms with E-state index in [-0.39, 0.29) is 6.10 Å². The molecule has 0 aromatic rings. The molecule has 0 amide bonds. The van der Waals surface area contributed by atoms with Crippen molar-refractivity contribution < 1.29 is 5.11 Å². The van der Waals surface area contributed by atoms with Gasteiger partial charge >= 0.3 is 0 Å². The van der Waals surface area contributed by atoms with Crippen molar-refractivity contribution in [1.82, 2.24) is 0 Å². The zero-order valence-electron chi connectivity index (χ0n) is 4.85. The predicted octanol–water partition coefficient (Wildman–Crippen LogP) is 1.37. The van der Waals surface area contributed by atoms with Crippen LogP contribution >= 0.6 is 0 Å². The summed E-state index contributed by atoms with van der Waals surface area (Å²) < 4.78 is 0. The molecule has 0 aromatic carbocycles. The molecule has 1 N–H and O–H groups in total. The fourth-order valence-electron chi connectivity index (χ4n) is 0.478. The lowest BCUT2D eigenvalue weighted by molar-refractivity contribution is 0.166. The van der Waals surface area contributed by atoms with E-state index in [4.69, 9.17) is 5.11 Å². The highest BCUT2D eigenvalue weighted by molar-refractivity contribution is 4.53. The summed E-state index contributed by atoms with van der Waals surface area (Å²) in [5.41, 5.74) is 0. The van der Waals surface area contributed by atoms with Gasteiger partial charge in [0.2, 0.25) is 0 Å². The average molecular weight is 101 g/mol. The van der Waals surface area contributed by atoms with Gasteiger partial charge in [-0.25, -0.2) is 0 Å². The van der Waals surface area contributed by atoms with Crippen LogP contribution in [0.4, 0.5) is 0 Å². The Balaban J connectivity index is 2.83. The van der Waals surface area contributed by atoms with Gasteiger partial charge in [0.05, 0.1) is 6.10 Å². The van der Waals surface area contributed by atoms with E-state index in [0.717, 1.165) is 12.8 Å². The molecule has 43 valence electrons. The van der Waals surface area contributed by atoms with Gasteiger partial charge in [-0.3, -0.25) is 0 Å². The molecule has 0 spiro atoms. The fourth-order valence-corrected chi connectivity index (χ4v) is 0.478. The number of hydrogen-bond donors (Lipinski definition) is 1. The molecule has 0 rings (SSSR count). The van der Waals surface area contributed by atoms with Gasteiger partial charge in [0.15, 0.2) is 0 Å². The first-order valence-electron chi connectivity index (χ1n) is 2.78. The van der Waals surface area contributed by atoms with Crippen LogP contribution in [-0.4, -0.2) is 11.2 Å². The molecule has 0 bridgehead atoms. The lowest BCUT2D eigenvalue weighted by Crippen LogP contribution is -2.01. The molecule has 0 heterocycles. The molecule has 0 fully saturated rings. The van der Waals surface area contributed by atoms with Crippen molar-refractivity contribution in [2.45, 2.75) is 32.3 Å². The molecule has 0 saturated heterocycles. The van der Waals surface area contributed by atoms with Crippen molar-refractivity contribution in [3.63, 3.8) is 0 Å². The van der Waals surface area contributed by atoms with E-state index in [1.54, 1.807) is 0 Å². The Kier molecular flexibility index (Phi) is 4.10. The monoisotopic (exact) mass is 101 g/mol. The maximum Gasteiger partial charge on any atom is 0.0540 e. The van der Waals surface area contributed by atoms with Crippen molar-refractivity contribution in [3.8, 4) is 0 Å². The van der Waals surface area contributed by atoms with Crippen LogP contribution in [0.5, 0.6) is 0 Å². The van der Waals surface area contributed by atoms with Crippen LogP contribution in [0.2, 0.25) is 0 Å². The third-order valence-electron chi connectivity index (χ3n) is 0.955. The molecule has 0 saturated carbocycles. The molecule has 1 radical (unpaired) electrons. The van der Waals surface area contributed by atoms with E-state index in [0.29, 0.717) is 6.42 Å². The second-order valence-electron chi connectivity index (χ2n) is 1.73. The van der Waals surface area contributed by atoms with Crippen molar-refractivity contribution in [2.75, 3.05) is 0 Å². The Labute approximate surface area is 45.4 Å². The number of hydrogen-bond acceptors (Lipinski definition) is 1. The van der Waals surface area contributed by atoms with Crippen LogP contribution in [0.3, 0.4) is 0 Å². The van der Waals surface area contributed by atoms with Gasteiger partial charge in [0.1, 0.15) is 0 Å². The second kappa shape index (κ2) is 4.13. The van der Waals surface area contributed by atoms with Gasteiger partial charge in [-0.15, -0.1) is 0 Å². The van der Waals surface area contributed by atoms with Gasteiger partial charge in [0.25, 0.3) is 0 Å². The lowest BCUT2D eigenvalue weighted by Gasteiger charge is -2.01. The molecular weight excluding hydrogens is 88.1 g/mol. The van der Waals surface area contributed by atoms with Crippen molar-refractivity contribution in [3.05, 3.63) is 6.92 Å². The normalized spacial score (nSPS) is 14.1. The topological polar surface area (TPSA) is 20.2 Å². The molecular formula is C6H13O. The molecule has 1 nitrogen and oxygen atoms in total. The smallest absolute Gasteiger partial charge is 0.0540 e. The van der Waals surface area contributed by atoms with Gasteiger partial charge in [-0.2, -0.15) is 0 Å². The SMILES string of the molecule is [CH2]C[C@@H](O)CCC. The molecule has 0 aromatic heterocycles. The summed E-state index contributed by atoms with van der Waals surface area (Å²) in [6.07, 6.45) is 2.43. The Morgan fingerprint density at radius 3 is 2.43 bits per heavy atom. The maximum absolute atomic E-state index is 8.80. The number of aliphatic hydroxyl groups is 1. The molecule has 7 heavy (non-hydrogen) atoms. The van der Waals surface area contributed by atoms with E-state index in [1.165, 1.54) is 0 Å². The zero-order chi connectivity index (χ0) is 5.70. The van der Waals surface area contributed by atoms with Crippen molar-refractivity contribution in [1.29, 1.82) is 0 Å². The summed E-state index contributed by atoms with van der Waals surface area (Å²) in [5.74, 6) is 0. The Morgan fingerprint density at radius 2 is 2.29 bits per heavy atom. The standard InChI is InChI=1S/C6H13O/c1-3-5-6(7)4-2/h6-7H,2-5H2,1H3/t6-/m1/s1. The molecule has 0 aliphatic heterocycles. The summed E-state index contributed by atoms with van der Waals surface area (Å²) in [6.45, 7) is 5.61. The van der Waals surface area contributed by atoms with Gasteiger partial charge < -0.3 is 5.11 Å². The van der Waals surface area contributed by atoms with Crippen LogP contribution in [0.1, 0.15) is 26.2 Å². The van der Waals surface area contributed by atoms with Crippen LogP contribution in [0.15, 0.2) is 0 Å². The number of aliphatic hydroxyl groups excluding tert-OH is 1. The highest BCUT2D eigenvalue weighted by atomic mass is 16.3. The third kappa shape index (κ3) is 3.80. The summed E-state index contributed by atoms with van der Waals surface area (Å²) in [7, 11) is 0. The molecule has 0 aliphatic rings. The largest absolute Gasteiger partial charge is 0.393 e. The summed E-state index contributed by atoms with van der Waals surface area (Å²) in [5, 5.41) is 8.80. The number of rotatable bonds is 3. The summed E-state index contributed by atoms with van der Waals surface area (Å²) in [6, 6.07) is 0. The van der Waals surface area contributed by atoms with E-state index in [1.807, 2.05) is 0 Å². The minimum Gasteiger partial charge on any atom is -0.393 e. The minimum atomic E-state index is -0.162. The Morgan fingerprint density at radius 1 is 1.71 bits per heavy atom. The van der Waals surface area contributed by atoms with E-state index in [2.05, 4.69) is 13.8 Å². The fraction of sp³-hybridized carbons (Fsp3) is 0.833. The van der Waals surface area contributed by atoms with Crippen molar-refractivity contribution >= 4 is 0 Å². The first-order valence-corrected chi connectivity index (χ1v) is 2.78. The van der Waals surface area contributed by atoms with Gasteiger partial charge in [0, 0.05) is 0 Å².